The number of rotatable bonds is 3. The molecule has 1 aliphatic heterocycles. The lowest BCUT2D eigenvalue weighted by Crippen LogP contribution is -2.41. The highest BCUT2D eigenvalue weighted by molar-refractivity contribution is 9.11. The zero-order valence-electron chi connectivity index (χ0n) is 10.3. The fourth-order valence-corrected chi connectivity index (χ4v) is 3.97. The average Bonchev–Trinajstić information content (AvgIpc) is 2.68. The van der Waals surface area contributed by atoms with Crippen molar-refractivity contribution >= 4 is 27.3 Å². The predicted molar refractivity (Wildman–Crippen MR) is 78.4 cm³/mol. The fraction of sp³-hybridized carbons (Fsp3) is 0.538. The molecule has 17 heavy (non-hydrogen) atoms. The summed E-state index contributed by atoms with van der Waals surface area (Å²) in [5.74, 6) is 0. The summed E-state index contributed by atoms with van der Waals surface area (Å²) in [6, 6.07) is 4.80. The third-order valence-corrected chi connectivity index (χ3v) is 4.94. The zero-order valence-corrected chi connectivity index (χ0v) is 12.7. The van der Waals surface area contributed by atoms with Crippen molar-refractivity contribution < 1.29 is 0 Å². The maximum Gasteiger partial charge on any atom is 0.0702 e. The number of hydrogen-bond donors (Lipinski definition) is 1. The van der Waals surface area contributed by atoms with E-state index in [2.05, 4.69) is 52.9 Å². The molecule has 1 aromatic heterocycles. The molecule has 2 nitrogen and oxygen atoms in total. The molecule has 0 spiro atoms. The average molecular weight is 315 g/mol. The van der Waals surface area contributed by atoms with Gasteiger partial charge >= 0.3 is 0 Å². The Morgan fingerprint density at radius 2 is 2.24 bits per heavy atom. The van der Waals surface area contributed by atoms with Gasteiger partial charge in [0.2, 0.25) is 0 Å². The molecule has 1 aliphatic rings. The lowest BCUT2D eigenvalue weighted by Gasteiger charge is -2.35. The van der Waals surface area contributed by atoms with Crippen LogP contribution in [0.15, 0.2) is 27.6 Å². The molecule has 0 saturated heterocycles. The Labute approximate surface area is 116 Å². The summed E-state index contributed by atoms with van der Waals surface area (Å²) < 4.78 is 1.18. The largest absolute Gasteiger partial charge is 0.326 e. The topological polar surface area (TPSA) is 29.3 Å². The van der Waals surface area contributed by atoms with Crippen LogP contribution in [0.5, 0.6) is 0 Å². The van der Waals surface area contributed by atoms with Gasteiger partial charge in [0.05, 0.1) is 9.83 Å². The van der Waals surface area contributed by atoms with E-state index in [0.717, 1.165) is 19.5 Å². The Balaban J connectivity index is 2.18. The van der Waals surface area contributed by atoms with E-state index in [0.29, 0.717) is 6.04 Å². The highest BCUT2D eigenvalue weighted by atomic mass is 79.9. The minimum atomic E-state index is 0.160. The van der Waals surface area contributed by atoms with E-state index in [4.69, 9.17) is 5.73 Å². The molecule has 1 aromatic rings. The standard InChI is InChI=1S/C13H19BrN2S/c1-9-5-7-16(8-6-9)13(10(2)15)11-3-4-12(14)17-11/h3-5,10,13H,6-8,15H2,1-2H3. The summed E-state index contributed by atoms with van der Waals surface area (Å²) in [4.78, 5) is 3.84. The molecule has 2 atom stereocenters. The van der Waals surface area contributed by atoms with E-state index < -0.39 is 0 Å². The smallest absolute Gasteiger partial charge is 0.0702 e. The Hall–Kier alpha value is -0.160. The molecular formula is C13H19BrN2S. The maximum atomic E-state index is 6.17. The van der Waals surface area contributed by atoms with E-state index in [-0.39, 0.29) is 6.04 Å². The maximum absolute atomic E-state index is 6.17. The number of nitrogens with zero attached hydrogens (tertiary/aromatic N) is 1. The Kier molecular flexibility index (Phi) is 4.42. The van der Waals surface area contributed by atoms with Crippen LogP contribution in [0.3, 0.4) is 0 Å². The zero-order chi connectivity index (χ0) is 12.4. The SMILES string of the molecule is CC1=CCN(C(c2ccc(Br)s2)C(C)N)CC1. The van der Waals surface area contributed by atoms with Crippen LogP contribution in [0.4, 0.5) is 0 Å². The molecule has 0 aliphatic carbocycles. The van der Waals surface area contributed by atoms with Crippen molar-refractivity contribution in [2.24, 2.45) is 5.73 Å². The summed E-state index contributed by atoms with van der Waals surface area (Å²) in [6.45, 7) is 6.45. The fourth-order valence-electron chi connectivity index (χ4n) is 2.30. The second-order valence-corrected chi connectivity index (χ2v) is 7.24. The van der Waals surface area contributed by atoms with Crippen molar-refractivity contribution in [1.29, 1.82) is 0 Å². The Morgan fingerprint density at radius 3 is 2.71 bits per heavy atom. The number of nitrogens with two attached hydrogens (primary N) is 1. The van der Waals surface area contributed by atoms with Gasteiger partial charge in [0, 0.05) is 24.0 Å². The molecule has 94 valence electrons. The van der Waals surface area contributed by atoms with Crippen molar-refractivity contribution in [3.63, 3.8) is 0 Å². The molecule has 2 N–H and O–H groups in total. The van der Waals surface area contributed by atoms with E-state index in [1.165, 1.54) is 14.2 Å². The van der Waals surface area contributed by atoms with Gasteiger partial charge in [0.1, 0.15) is 0 Å². The van der Waals surface area contributed by atoms with E-state index in [1.54, 1.807) is 11.3 Å². The second kappa shape index (κ2) is 5.65. The molecular weight excluding hydrogens is 296 g/mol. The molecule has 2 rings (SSSR count). The van der Waals surface area contributed by atoms with Gasteiger partial charge in [0.15, 0.2) is 0 Å². The summed E-state index contributed by atoms with van der Waals surface area (Å²) in [7, 11) is 0. The first kappa shape index (κ1) is 13.3. The third kappa shape index (κ3) is 3.19. The first-order chi connectivity index (χ1) is 8.08. The number of hydrogen-bond acceptors (Lipinski definition) is 3. The van der Waals surface area contributed by atoms with E-state index in [9.17, 15) is 0 Å². The molecule has 0 saturated carbocycles. The molecule has 0 radical (unpaired) electrons. The van der Waals surface area contributed by atoms with Gasteiger partial charge in [0.25, 0.3) is 0 Å². The van der Waals surface area contributed by atoms with Crippen molar-refractivity contribution in [1.82, 2.24) is 4.90 Å². The lowest BCUT2D eigenvalue weighted by atomic mass is 10.0. The summed E-state index contributed by atoms with van der Waals surface area (Å²) in [5, 5.41) is 0. The summed E-state index contributed by atoms with van der Waals surface area (Å²) >= 11 is 5.32. The Morgan fingerprint density at radius 1 is 1.47 bits per heavy atom. The van der Waals surface area contributed by atoms with Gasteiger partial charge in [-0.2, -0.15) is 0 Å². The number of halogens is 1. The van der Waals surface area contributed by atoms with Crippen LogP contribution in [0.2, 0.25) is 0 Å². The first-order valence-corrected chi connectivity index (χ1v) is 7.59. The first-order valence-electron chi connectivity index (χ1n) is 5.98. The monoisotopic (exact) mass is 314 g/mol. The van der Waals surface area contributed by atoms with Gasteiger partial charge in [-0.15, -0.1) is 11.3 Å². The molecule has 2 heterocycles. The number of thiophene rings is 1. The van der Waals surface area contributed by atoms with Gasteiger partial charge < -0.3 is 5.73 Å². The molecule has 0 aromatic carbocycles. The highest BCUT2D eigenvalue weighted by Crippen LogP contribution is 2.33. The van der Waals surface area contributed by atoms with Crippen LogP contribution in [0, 0.1) is 0 Å². The van der Waals surface area contributed by atoms with Crippen molar-refractivity contribution in [2.45, 2.75) is 32.4 Å². The Bertz CT molecular complexity index is 411. The molecule has 0 fully saturated rings. The highest BCUT2D eigenvalue weighted by Gasteiger charge is 2.26. The normalized spacial score (nSPS) is 21.1. The second-order valence-electron chi connectivity index (χ2n) is 4.74. The molecule has 2 unspecified atom stereocenters. The van der Waals surface area contributed by atoms with Crippen LogP contribution in [0.25, 0.3) is 0 Å². The van der Waals surface area contributed by atoms with Crippen LogP contribution in [-0.2, 0) is 0 Å². The quantitative estimate of drug-likeness (QED) is 0.864. The third-order valence-electron chi connectivity index (χ3n) is 3.24. The summed E-state index contributed by atoms with van der Waals surface area (Å²) in [6.07, 6.45) is 3.48. The van der Waals surface area contributed by atoms with Crippen molar-refractivity contribution in [3.05, 3.63) is 32.4 Å². The molecule has 0 amide bonds. The molecule has 0 bridgehead atoms. The summed E-state index contributed by atoms with van der Waals surface area (Å²) in [5.41, 5.74) is 7.67. The predicted octanol–water partition coefficient (Wildman–Crippen LogP) is 3.55. The van der Waals surface area contributed by atoms with Crippen LogP contribution in [-0.4, -0.2) is 24.0 Å². The molecule has 4 heteroatoms. The van der Waals surface area contributed by atoms with Crippen LogP contribution < -0.4 is 5.73 Å². The van der Waals surface area contributed by atoms with Gasteiger partial charge in [-0.05, 0) is 48.3 Å². The minimum absolute atomic E-state index is 0.160. The minimum Gasteiger partial charge on any atom is -0.326 e. The van der Waals surface area contributed by atoms with Crippen molar-refractivity contribution in [3.8, 4) is 0 Å². The van der Waals surface area contributed by atoms with Gasteiger partial charge in [-0.25, -0.2) is 0 Å². The van der Waals surface area contributed by atoms with E-state index >= 15 is 0 Å². The van der Waals surface area contributed by atoms with Gasteiger partial charge in [-0.1, -0.05) is 11.6 Å². The van der Waals surface area contributed by atoms with Gasteiger partial charge in [-0.3, -0.25) is 4.90 Å². The van der Waals surface area contributed by atoms with Crippen molar-refractivity contribution in [2.75, 3.05) is 13.1 Å². The lowest BCUT2D eigenvalue weighted by molar-refractivity contribution is 0.193. The van der Waals surface area contributed by atoms with E-state index in [1.807, 2.05) is 0 Å². The van der Waals surface area contributed by atoms with Crippen LogP contribution in [0.1, 0.15) is 31.2 Å². The van der Waals surface area contributed by atoms with Crippen LogP contribution >= 0.6 is 27.3 Å².